The van der Waals surface area contributed by atoms with Gasteiger partial charge in [-0.2, -0.15) is 0 Å². The summed E-state index contributed by atoms with van der Waals surface area (Å²) in [5.41, 5.74) is 3.69. The number of fused-ring (bicyclic) bond motifs is 1. The minimum absolute atomic E-state index is 0.0505. The molecular formula is C26H23FN2O3. The molecule has 4 rings (SSSR count). The monoisotopic (exact) mass is 430 g/mol. The molecule has 0 radical (unpaired) electrons. The van der Waals surface area contributed by atoms with Crippen molar-refractivity contribution in [2.75, 3.05) is 11.9 Å². The van der Waals surface area contributed by atoms with Crippen LogP contribution in [-0.4, -0.2) is 22.7 Å². The van der Waals surface area contributed by atoms with Crippen LogP contribution in [0.25, 0.3) is 10.9 Å². The lowest BCUT2D eigenvalue weighted by molar-refractivity contribution is 0.0526. The van der Waals surface area contributed by atoms with E-state index < -0.39 is 12.0 Å². The number of aromatic nitrogens is 1. The van der Waals surface area contributed by atoms with Gasteiger partial charge in [-0.15, -0.1) is 0 Å². The van der Waals surface area contributed by atoms with Gasteiger partial charge in [-0.05, 0) is 55.8 Å². The largest absolute Gasteiger partial charge is 0.505 e. The molecule has 1 unspecified atom stereocenters. The Morgan fingerprint density at radius 3 is 2.59 bits per heavy atom. The summed E-state index contributed by atoms with van der Waals surface area (Å²) in [6, 6.07) is 20.0. The summed E-state index contributed by atoms with van der Waals surface area (Å²) in [5, 5.41) is 15.3. The number of phenolic OH excluding ortho intramolecular Hbond substituents is 1. The van der Waals surface area contributed by atoms with E-state index in [0.29, 0.717) is 22.3 Å². The molecule has 0 aliphatic rings. The summed E-state index contributed by atoms with van der Waals surface area (Å²) in [5.74, 6) is -0.714. The minimum Gasteiger partial charge on any atom is -0.505 e. The lowest BCUT2D eigenvalue weighted by atomic mass is 9.95. The number of hydrogen-bond donors (Lipinski definition) is 2. The van der Waals surface area contributed by atoms with Gasteiger partial charge in [0.1, 0.15) is 17.1 Å². The van der Waals surface area contributed by atoms with Crippen LogP contribution >= 0.6 is 0 Å². The number of nitrogens with one attached hydrogen (secondary N) is 1. The zero-order valence-electron chi connectivity index (χ0n) is 17.8. The summed E-state index contributed by atoms with van der Waals surface area (Å²) < 4.78 is 18.7. The molecule has 1 aromatic heterocycles. The molecule has 162 valence electrons. The Labute approximate surface area is 185 Å². The molecule has 3 aromatic carbocycles. The number of aryl methyl sites for hydroxylation is 1. The molecule has 2 N–H and O–H groups in total. The first-order chi connectivity index (χ1) is 15.5. The lowest BCUT2D eigenvalue weighted by Gasteiger charge is -2.23. The molecule has 0 saturated heterocycles. The molecule has 0 fully saturated rings. The zero-order chi connectivity index (χ0) is 22.7. The quantitative estimate of drug-likeness (QED) is 0.380. The second-order valence-corrected chi connectivity index (χ2v) is 7.46. The average Bonchev–Trinajstić information content (AvgIpc) is 2.79. The van der Waals surface area contributed by atoms with Gasteiger partial charge in [0.05, 0.1) is 18.2 Å². The van der Waals surface area contributed by atoms with E-state index in [1.54, 1.807) is 37.3 Å². The maximum Gasteiger partial charge on any atom is 0.338 e. The van der Waals surface area contributed by atoms with Crippen molar-refractivity contribution in [3.05, 3.63) is 101 Å². The predicted molar refractivity (Wildman–Crippen MR) is 122 cm³/mol. The van der Waals surface area contributed by atoms with Crippen molar-refractivity contribution in [1.82, 2.24) is 4.98 Å². The fourth-order valence-corrected chi connectivity index (χ4v) is 3.63. The maximum absolute atomic E-state index is 13.6. The number of carbonyl (C=O) groups is 1. The summed E-state index contributed by atoms with van der Waals surface area (Å²) >= 11 is 0. The summed E-state index contributed by atoms with van der Waals surface area (Å²) in [7, 11) is 0. The average molecular weight is 430 g/mol. The molecular weight excluding hydrogens is 407 g/mol. The highest BCUT2D eigenvalue weighted by atomic mass is 19.1. The Morgan fingerprint density at radius 1 is 1.09 bits per heavy atom. The summed E-state index contributed by atoms with van der Waals surface area (Å²) in [4.78, 5) is 16.6. The van der Waals surface area contributed by atoms with E-state index in [2.05, 4.69) is 10.3 Å². The van der Waals surface area contributed by atoms with Crippen LogP contribution in [0.3, 0.4) is 0 Å². The van der Waals surface area contributed by atoms with Gasteiger partial charge in [-0.25, -0.2) is 14.2 Å². The number of pyridine rings is 1. The molecule has 1 heterocycles. The van der Waals surface area contributed by atoms with Crippen LogP contribution < -0.4 is 5.32 Å². The number of phenols is 1. The van der Waals surface area contributed by atoms with Gasteiger partial charge in [0.25, 0.3) is 0 Å². The topological polar surface area (TPSA) is 71.5 Å². The molecule has 0 saturated carbocycles. The van der Waals surface area contributed by atoms with Gasteiger partial charge in [0.2, 0.25) is 0 Å². The molecule has 0 bridgehead atoms. The number of halogens is 1. The van der Waals surface area contributed by atoms with Crippen molar-refractivity contribution in [3.8, 4) is 5.75 Å². The Kier molecular flexibility index (Phi) is 6.03. The first kappa shape index (κ1) is 21.3. The van der Waals surface area contributed by atoms with Gasteiger partial charge in [0.15, 0.2) is 0 Å². The second-order valence-electron chi connectivity index (χ2n) is 7.46. The van der Waals surface area contributed by atoms with E-state index in [0.717, 1.165) is 16.6 Å². The number of carbonyl (C=O) groups excluding carboxylic acids is 1. The van der Waals surface area contributed by atoms with Crippen LogP contribution in [0.5, 0.6) is 5.75 Å². The summed E-state index contributed by atoms with van der Waals surface area (Å²) in [6.07, 6.45) is 0. The third kappa shape index (κ3) is 4.39. The molecule has 5 nitrogen and oxygen atoms in total. The van der Waals surface area contributed by atoms with Crippen LogP contribution in [0.2, 0.25) is 0 Å². The molecule has 32 heavy (non-hydrogen) atoms. The first-order valence-corrected chi connectivity index (χ1v) is 10.3. The number of hydrogen-bond acceptors (Lipinski definition) is 5. The molecule has 0 amide bonds. The Hall–Kier alpha value is -3.93. The number of anilines is 1. The third-order valence-electron chi connectivity index (χ3n) is 5.20. The van der Waals surface area contributed by atoms with Gasteiger partial charge < -0.3 is 15.2 Å². The fourth-order valence-electron chi connectivity index (χ4n) is 3.63. The zero-order valence-corrected chi connectivity index (χ0v) is 17.8. The van der Waals surface area contributed by atoms with Crippen molar-refractivity contribution < 1.29 is 19.0 Å². The molecule has 0 spiro atoms. The number of benzene rings is 3. The molecule has 0 aliphatic carbocycles. The van der Waals surface area contributed by atoms with E-state index >= 15 is 0 Å². The lowest BCUT2D eigenvalue weighted by Crippen LogP contribution is -2.14. The van der Waals surface area contributed by atoms with E-state index in [4.69, 9.17) is 4.74 Å². The number of aromatic hydroxyl groups is 1. The molecule has 4 aromatic rings. The van der Waals surface area contributed by atoms with Crippen molar-refractivity contribution in [2.24, 2.45) is 0 Å². The van der Waals surface area contributed by atoms with E-state index in [1.807, 2.05) is 37.3 Å². The Bertz CT molecular complexity index is 1270. The van der Waals surface area contributed by atoms with Crippen molar-refractivity contribution >= 4 is 22.6 Å². The smallest absolute Gasteiger partial charge is 0.338 e. The van der Waals surface area contributed by atoms with Gasteiger partial charge >= 0.3 is 5.97 Å². The normalized spacial score (nSPS) is 11.8. The predicted octanol–water partition coefficient (Wildman–Crippen LogP) is 5.77. The molecule has 1 atom stereocenters. The number of nitrogens with zero attached hydrogens (tertiary/aromatic N) is 1. The highest BCUT2D eigenvalue weighted by Crippen LogP contribution is 2.36. The Balaban J connectivity index is 1.80. The maximum atomic E-state index is 13.6. The van der Waals surface area contributed by atoms with Gasteiger partial charge in [-0.1, -0.05) is 36.4 Å². The summed E-state index contributed by atoms with van der Waals surface area (Å²) in [6.45, 7) is 3.90. The minimum atomic E-state index is -0.514. The standard InChI is InChI=1S/C26H23FN2O3/c1-3-32-26(31)19-5-4-6-21(15-19)29-23(17-9-12-20(27)13-10-17)22-14-11-18-8-7-16(2)28-24(18)25(22)30/h4-15,23,29-30H,3H2,1-2H3. The van der Waals surface area contributed by atoms with Crippen LogP contribution in [0, 0.1) is 12.7 Å². The van der Waals surface area contributed by atoms with Gasteiger partial charge in [-0.3, -0.25) is 0 Å². The third-order valence-corrected chi connectivity index (χ3v) is 5.20. The van der Waals surface area contributed by atoms with Gasteiger partial charge in [0, 0.05) is 22.3 Å². The number of rotatable bonds is 6. The van der Waals surface area contributed by atoms with E-state index in [-0.39, 0.29) is 18.2 Å². The SMILES string of the molecule is CCOC(=O)c1cccc(NC(c2ccc(F)cc2)c2ccc3ccc(C)nc3c2O)c1. The van der Waals surface area contributed by atoms with E-state index in [1.165, 1.54) is 12.1 Å². The highest BCUT2D eigenvalue weighted by molar-refractivity contribution is 5.90. The second kappa shape index (κ2) is 9.06. The first-order valence-electron chi connectivity index (χ1n) is 10.3. The van der Waals surface area contributed by atoms with Crippen molar-refractivity contribution in [1.29, 1.82) is 0 Å². The van der Waals surface area contributed by atoms with Crippen molar-refractivity contribution in [3.63, 3.8) is 0 Å². The number of esters is 1. The van der Waals surface area contributed by atoms with Crippen LogP contribution in [0.4, 0.5) is 10.1 Å². The van der Waals surface area contributed by atoms with Crippen molar-refractivity contribution in [2.45, 2.75) is 19.9 Å². The number of ether oxygens (including phenoxy) is 1. The molecule has 6 heteroatoms. The highest BCUT2D eigenvalue weighted by Gasteiger charge is 2.21. The molecule has 0 aliphatic heterocycles. The van der Waals surface area contributed by atoms with Crippen LogP contribution in [-0.2, 0) is 4.74 Å². The van der Waals surface area contributed by atoms with Crippen LogP contribution in [0.1, 0.15) is 40.1 Å². The van der Waals surface area contributed by atoms with E-state index in [9.17, 15) is 14.3 Å². The fraction of sp³-hybridized carbons (Fsp3) is 0.154. The Morgan fingerprint density at radius 2 is 1.84 bits per heavy atom. The van der Waals surface area contributed by atoms with Crippen LogP contribution in [0.15, 0.2) is 72.8 Å².